The van der Waals surface area contributed by atoms with Crippen molar-refractivity contribution < 1.29 is 0 Å². The van der Waals surface area contributed by atoms with Crippen LogP contribution < -0.4 is 5.32 Å². The second-order valence-corrected chi connectivity index (χ2v) is 5.47. The van der Waals surface area contributed by atoms with Gasteiger partial charge in [0.05, 0.1) is 5.69 Å². The van der Waals surface area contributed by atoms with Crippen LogP contribution in [-0.2, 0) is 0 Å². The third-order valence-corrected chi connectivity index (χ3v) is 3.41. The molecule has 2 aromatic heterocycles. The fourth-order valence-electron chi connectivity index (χ4n) is 2.04. The lowest BCUT2D eigenvalue weighted by Gasteiger charge is -2.13. The molecule has 0 amide bonds. The first-order valence-corrected chi connectivity index (χ1v) is 7.37. The highest BCUT2D eigenvalue weighted by atomic mass is 15.3. The molecule has 2 rings (SSSR count). The van der Waals surface area contributed by atoms with Gasteiger partial charge in [0.15, 0.2) is 5.82 Å². The first-order chi connectivity index (χ1) is 9.61. The summed E-state index contributed by atoms with van der Waals surface area (Å²) in [5, 5.41) is 8.01. The van der Waals surface area contributed by atoms with Crippen LogP contribution in [0.2, 0.25) is 0 Å². The Labute approximate surface area is 121 Å². The van der Waals surface area contributed by atoms with Gasteiger partial charge < -0.3 is 5.32 Å². The molecule has 108 valence electrons. The molecule has 1 unspecified atom stereocenters. The molecule has 0 spiro atoms. The van der Waals surface area contributed by atoms with Gasteiger partial charge in [0.1, 0.15) is 0 Å². The van der Waals surface area contributed by atoms with Crippen molar-refractivity contribution in [3.63, 3.8) is 0 Å². The van der Waals surface area contributed by atoms with E-state index < -0.39 is 0 Å². The molecular weight excluding hydrogens is 248 g/mol. The maximum absolute atomic E-state index is 4.54. The number of hydrogen-bond acceptors (Lipinski definition) is 3. The molecule has 0 radical (unpaired) electrons. The molecule has 2 heterocycles. The zero-order valence-corrected chi connectivity index (χ0v) is 12.8. The van der Waals surface area contributed by atoms with Crippen LogP contribution in [0.1, 0.15) is 57.3 Å². The zero-order valence-electron chi connectivity index (χ0n) is 12.8. The van der Waals surface area contributed by atoms with Gasteiger partial charge in [0.2, 0.25) is 0 Å². The van der Waals surface area contributed by atoms with Gasteiger partial charge in [-0.2, -0.15) is 5.10 Å². The Morgan fingerprint density at radius 2 is 2.00 bits per heavy atom. The monoisotopic (exact) mass is 272 g/mol. The molecule has 0 saturated carbocycles. The second kappa shape index (κ2) is 6.66. The highest BCUT2D eigenvalue weighted by Crippen LogP contribution is 2.15. The highest BCUT2D eigenvalue weighted by Gasteiger charge is 2.07. The lowest BCUT2D eigenvalue weighted by Crippen LogP contribution is -2.19. The fourth-order valence-corrected chi connectivity index (χ4v) is 2.04. The van der Waals surface area contributed by atoms with E-state index in [0.29, 0.717) is 12.0 Å². The molecule has 1 atom stereocenters. The molecule has 4 heteroatoms. The Morgan fingerprint density at radius 3 is 2.55 bits per heavy atom. The molecule has 0 bridgehead atoms. The Kier molecular flexibility index (Phi) is 4.90. The first kappa shape index (κ1) is 14.7. The van der Waals surface area contributed by atoms with E-state index in [-0.39, 0.29) is 0 Å². The molecule has 0 aliphatic rings. The average Bonchev–Trinajstić information content (AvgIpc) is 2.95. The summed E-state index contributed by atoms with van der Waals surface area (Å²) in [6.45, 7) is 9.65. The summed E-state index contributed by atoms with van der Waals surface area (Å²) in [7, 11) is 0. The van der Waals surface area contributed by atoms with Gasteiger partial charge in [-0.1, -0.05) is 26.8 Å². The molecular formula is C16H24N4. The normalized spacial score (nSPS) is 12.8. The summed E-state index contributed by atoms with van der Waals surface area (Å²) in [6, 6.07) is 6.52. The van der Waals surface area contributed by atoms with Crippen LogP contribution in [0.25, 0.3) is 5.82 Å². The minimum Gasteiger partial charge on any atom is -0.310 e. The van der Waals surface area contributed by atoms with Crippen molar-refractivity contribution in [2.45, 2.75) is 46.1 Å². The molecule has 0 aliphatic carbocycles. The minimum atomic E-state index is 0.334. The van der Waals surface area contributed by atoms with Gasteiger partial charge in [-0.3, -0.25) is 0 Å². The van der Waals surface area contributed by atoms with Crippen molar-refractivity contribution in [2.24, 2.45) is 0 Å². The van der Waals surface area contributed by atoms with E-state index in [1.165, 1.54) is 5.56 Å². The van der Waals surface area contributed by atoms with Gasteiger partial charge in [-0.15, -0.1) is 0 Å². The molecule has 0 saturated heterocycles. The smallest absolute Gasteiger partial charge is 0.153 e. The van der Waals surface area contributed by atoms with Gasteiger partial charge in [0.25, 0.3) is 0 Å². The van der Waals surface area contributed by atoms with Crippen molar-refractivity contribution in [2.75, 3.05) is 6.54 Å². The molecule has 0 aromatic carbocycles. The standard InChI is InChI=1S/C16H24N4/c1-5-9-17-13(4)14-6-7-16(18-11-14)20-10-8-15(19-20)12(2)3/h6-8,10-13,17H,5,9H2,1-4H3. The Morgan fingerprint density at radius 1 is 1.20 bits per heavy atom. The molecule has 0 aliphatic heterocycles. The van der Waals surface area contributed by atoms with E-state index in [1.807, 2.05) is 29.2 Å². The molecule has 4 nitrogen and oxygen atoms in total. The van der Waals surface area contributed by atoms with Crippen LogP contribution in [0.15, 0.2) is 30.6 Å². The van der Waals surface area contributed by atoms with Crippen LogP contribution >= 0.6 is 0 Å². The average molecular weight is 272 g/mol. The van der Waals surface area contributed by atoms with E-state index >= 15 is 0 Å². The molecule has 1 N–H and O–H groups in total. The summed E-state index contributed by atoms with van der Waals surface area (Å²) in [6.07, 6.45) is 5.04. The van der Waals surface area contributed by atoms with Gasteiger partial charge in [0, 0.05) is 18.4 Å². The summed E-state index contributed by atoms with van der Waals surface area (Å²) in [5.41, 5.74) is 2.30. The van der Waals surface area contributed by atoms with E-state index in [9.17, 15) is 0 Å². The van der Waals surface area contributed by atoms with Crippen molar-refractivity contribution in [3.8, 4) is 5.82 Å². The molecule has 20 heavy (non-hydrogen) atoms. The predicted octanol–water partition coefficient (Wildman–Crippen LogP) is 3.45. The number of aromatic nitrogens is 3. The van der Waals surface area contributed by atoms with Crippen LogP contribution in [0.5, 0.6) is 0 Å². The SMILES string of the molecule is CCCNC(C)c1ccc(-n2ccc(C(C)C)n2)nc1. The predicted molar refractivity (Wildman–Crippen MR) is 82.2 cm³/mol. The second-order valence-electron chi connectivity index (χ2n) is 5.47. The minimum absolute atomic E-state index is 0.334. The largest absolute Gasteiger partial charge is 0.310 e. The number of rotatable bonds is 6. The van der Waals surface area contributed by atoms with E-state index in [2.05, 4.69) is 49.2 Å². The summed E-state index contributed by atoms with van der Waals surface area (Å²) in [5.74, 6) is 1.30. The van der Waals surface area contributed by atoms with Crippen LogP contribution in [-0.4, -0.2) is 21.3 Å². The van der Waals surface area contributed by atoms with E-state index in [0.717, 1.165) is 24.5 Å². The number of pyridine rings is 1. The third kappa shape index (κ3) is 3.45. The van der Waals surface area contributed by atoms with Crippen LogP contribution in [0.3, 0.4) is 0 Å². The van der Waals surface area contributed by atoms with Gasteiger partial charge >= 0.3 is 0 Å². The zero-order chi connectivity index (χ0) is 14.5. The lowest BCUT2D eigenvalue weighted by molar-refractivity contribution is 0.569. The van der Waals surface area contributed by atoms with E-state index in [1.54, 1.807) is 0 Å². The summed E-state index contributed by atoms with van der Waals surface area (Å²) < 4.78 is 1.84. The lowest BCUT2D eigenvalue weighted by atomic mass is 10.1. The number of nitrogens with zero attached hydrogens (tertiary/aromatic N) is 3. The van der Waals surface area contributed by atoms with Crippen molar-refractivity contribution in [3.05, 3.63) is 41.9 Å². The number of hydrogen-bond donors (Lipinski definition) is 1. The van der Waals surface area contributed by atoms with Gasteiger partial charge in [-0.05, 0) is 43.5 Å². The Hall–Kier alpha value is -1.68. The summed E-state index contributed by atoms with van der Waals surface area (Å²) in [4.78, 5) is 4.51. The maximum atomic E-state index is 4.54. The van der Waals surface area contributed by atoms with Gasteiger partial charge in [-0.25, -0.2) is 9.67 Å². The van der Waals surface area contributed by atoms with Crippen LogP contribution in [0, 0.1) is 0 Å². The molecule has 2 aromatic rings. The van der Waals surface area contributed by atoms with Crippen molar-refractivity contribution in [1.82, 2.24) is 20.1 Å². The van der Waals surface area contributed by atoms with Crippen molar-refractivity contribution in [1.29, 1.82) is 0 Å². The van der Waals surface area contributed by atoms with Crippen molar-refractivity contribution >= 4 is 0 Å². The molecule has 0 fully saturated rings. The number of nitrogens with one attached hydrogen (secondary N) is 1. The topological polar surface area (TPSA) is 42.7 Å². The maximum Gasteiger partial charge on any atom is 0.153 e. The quantitative estimate of drug-likeness (QED) is 0.875. The third-order valence-electron chi connectivity index (χ3n) is 3.41. The van der Waals surface area contributed by atoms with Crippen LogP contribution in [0.4, 0.5) is 0 Å². The van der Waals surface area contributed by atoms with E-state index in [4.69, 9.17) is 0 Å². The Balaban J connectivity index is 2.10. The Bertz CT molecular complexity index is 528. The fraction of sp³-hybridized carbons (Fsp3) is 0.500. The summed E-state index contributed by atoms with van der Waals surface area (Å²) >= 11 is 0. The highest BCUT2D eigenvalue weighted by molar-refractivity contribution is 5.26. The first-order valence-electron chi connectivity index (χ1n) is 7.37.